The minimum atomic E-state index is 0.759. The Kier molecular flexibility index (Phi) is 8.56. The molecule has 0 radical (unpaired) electrons. The average molecular weight is 352 g/mol. The fourth-order valence-corrected chi connectivity index (χ4v) is 3.74. The zero-order valence-electron chi connectivity index (χ0n) is 15.5. The normalized spacial score (nSPS) is 17.2. The van der Waals surface area contributed by atoms with Crippen LogP contribution in [0, 0.1) is 0 Å². The Morgan fingerprint density at radius 2 is 1.75 bits per heavy atom. The molecule has 0 spiro atoms. The molecule has 0 aromatic carbocycles. The molecule has 0 amide bonds. The highest BCUT2D eigenvalue weighted by Gasteiger charge is 2.14. The molecule has 0 saturated carbocycles. The van der Waals surface area contributed by atoms with Gasteiger partial charge in [-0.05, 0) is 32.0 Å². The summed E-state index contributed by atoms with van der Waals surface area (Å²) in [5, 5.41) is 6.82. The summed E-state index contributed by atoms with van der Waals surface area (Å²) in [5.74, 6) is 0.927. The smallest absolute Gasteiger partial charge is 0.191 e. The van der Waals surface area contributed by atoms with Crippen molar-refractivity contribution >= 4 is 17.3 Å². The van der Waals surface area contributed by atoms with Crippen molar-refractivity contribution < 1.29 is 0 Å². The number of guanidine groups is 1. The monoisotopic (exact) mass is 351 g/mol. The molecule has 2 heterocycles. The van der Waals surface area contributed by atoms with E-state index in [0.717, 1.165) is 38.6 Å². The first-order valence-corrected chi connectivity index (χ1v) is 10.1. The predicted molar refractivity (Wildman–Crippen MR) is 105 cm³/mol. The van der Waals surface area contributed by atoms with E-state index in [1.54, 1.807) is 0 Å². The van der Waals surface area contributed by atoms with E-state index in [1.807, 2.05) is 11.3 Å². The Morgan fingerprint density at radius 1 is 1.04 bits per heavy atom. The van der Waals surface area contributed by atoms with E-state index in [2.05, 4.69) is 53.3 Å². The van der Waals surface area contributed by atoms with Crippen LogP contribution >= 0.6 is 11.3 Å². The van der Waals surface area contributed by atoms with Crippen molar-refractivity contribution in [1.82, 2.24) is 20.4 Å². The van der Waals surface area contributed by atoms with Crippen molar-refractivity contribution in [2.75, 3.05) is 52.4 Å². The van der Waals surface area contributed by atoms with E-state index in [9.17, 15) is 0 Å². The largest absolute Gasteiger partial charge is 0.357 e. The molecule has 0 unspecified atom stereocenters. The molecule has 1 fully saturated rings. The van der Waals surface area contributed by atoms with Gasteiger partial charge in [0.1, 0.15) is 0 Å². The minimum absolute atomic E-state index is 0.759. The molecule has 0 bridgehead atoms. The lowest BCUT2D eigenvalue weighted by molar-refractivity contribution is 0.139. The molecule has 0 aliphatic carbocycles. The molecule has 136 valence electrons. The van der Waals surface area contributed by atoms with Crippen LogP contribution in [0.5, 0.6) is 0 Å². The van der Waals surface area contributed by atoms with Gasteiger partial charge in [-0.1, -0.05) is 13.8 Å². The number of rotatable bonds is 8. The third kappa shape index (κ3) is 6.42. The molecular weight excluding hydrogens is 318 g/mol. The Hall–Kier alpha value is -1.11. The van der Waals surface area contributed by atoms with E-state index in [0.29, 0.717) is 0 Å². The Bertz CT molecular complexity index is 491. The van der Waals surface area contributed by atoms with Crippen LogP contribution in [-0.4, -0.2) is 68.1 Å². The van der Waals surface area contributed by atoms with Crippen LogP contribution in [0.3, 0.4) is 0 Å². The summed E-state index contributed by atoms with van der Waals surface area (Å²) in [6, 6.07) is 4.41. The summed E-state index contributed by atoms with van der Waals surface area (Å²) in [7, 11) is 0. The van der Waals surface area contributed by atoms with Gasteiger partial charge in [0, 0.05) is 55.6 Å². The number of thiophene rings is 1. The number of piperazine rings is 1. The number of aryl methyl sites for hydroxylation is 1. The number of likely N-dealkylation sites (N-methyl/N-ethyl adjacent to an activating group) is 1. The van der Waals surface area contributed by atoms with Crippen LogP contribution in [0.15, 0.2) is 17.1 Å². The van der Waals surface area contributed by atoms with Crippen molar-refractivity contribution in [2.45, 2.75) is 33.7 Å². The number of nitrogens with one attached hydrogen (secondary N) is 2. The van der Waals surface area contributed by atoms with Gasteiger partial charge in [0.2, 0.25) is 0 Å². The summed E-state index contributed by atoms with van der Waals surface area (Å²) < 4.78 is 0. The first-order chi connectivity index (χ1) is 11.7. The Morgan fingerprint density at radius 3 is 2.38 bits per heavy atom. The van der Waals surface area contributed by atoms with Gasteiger partial charge in [-0.2, -0.15) is 0 Å². The molecule has 6 heteroatoms. The molecule has 5 nitrogen and oxygen atoms in total. The first kappa shape index (κ1) is 19.2. The third-order valence-corrected chi connectivity index (χ3v) is 5.65. The van der Waals surface area contributed by atoms with Gasteiger partial charge in [-0.25, -0.2) is 4.99 Å². The van der Waals surface area contributed by atoms with Crippen molar-refractivity contribution in [3.63, 3.8) is 0 Å². The van der Waals surface area contributed by atoms with E-state index in [-0.39, 0.29) is 0 Å². The highest BCUT2D eigenvalue weighted by atomic mass is 32.1. The van der Waals surface area contributed by atoms with Gasteiger partial charge < -0.3 is 15.5 Å². The maximum Gasteiger partial charge on any atom is 0.191 e. The van der Waals surface area contributed by atoms with Gasteiger partial charge in [-0.3, -0.25) is 4.90 Å². The lowest BCUT2D eigenvalue weighted by Gasteiger charge is -2.34. The maximum absolute atomic E-state index is 4.72. The minimum Gasteiger partial charge on any atom is -0.357 e. The second-order valence-corrected chi connectivity index (χ2v) is 7.37. The highest BCUT2D eigenvalue weighted by Crippen LogP contribution is 2.17. The van der Waals surface area contributed by atoms with E-state index in [4.69, 9.17) is 4.99 Å². The molecule has 1 aliphatic rings. The van der Waals surface area contributed by atoms with Crippen molar-refractivity contribution in [2.24, 2.45) is 4.99 Å². The van der Waals surface area contributed by atoms with Gasteiger partial charge in [0.25, 0.3) is 0 Å². The van der Waals surface area contributed by atoms with Crippen molar-refractivity contribution in [3.05, 3.63) is 21.9 Å². The van der Waals surface area contributed by atoms with Crippen LogP contribution in [0.2, 0.25) is 0 Å². The van der Waals surface area contributed by atoms with Crippen LogP contribution in [-0.2, 0) is 13.0 Å². The fourth-order valence-electron chi connectivity index (χ4n) is 2.86. The Balaban J connectivity index is 1.73. The van der Waals surface area contributed by atoms with Crippen LogP contribution in [0.4, 0.5) is 0 Å². The molecule has 1 aliphatic heterocycles. The standard InChI is InChI=1S/C18H33N5S/c1-4-16-7-8-17(24-16)15-21-18(19-5-2)20-9-10-23-13-11-22(6-3)12-14-23/h7-8H,4-6,9-15H2,1-3H3,(H2,19,20,21). The highest BCUT2D eigenvalue weighted by molar-refractivity contribution is 7.11. The molecule has 1 aromatic rings. The van der Waals surface area contributed by atoms with Gasteiger partial charge in [0.15, 0.2) is 5.96 Å². The maximum atomic E-state index is 4.72. The summed E-state index contributed by atoms with van der Waals surface area (Å²) in [5.41, 5.74) is 0. The second kappa shape index (κ2) is 10.7. The zero-order chi connectivity index (χ0) is 17.2. The topological polar surface area (TPSA) is 42.9 Å². The quantitative estimate of drug-likeness (QED) is 0.555. The van der Waals surface area contributed by atoms with Gasteiger partial charge in [-0.15, -0.1) is 11.3 Å². The SMILES string of the molecule is CCNC(=NCc1ccc(CC)s1)NCCN1CCN(CC)CC1. The molecule has 2 N–H and O–H groups in total. The molecule has 1 saturated heterocycles. The lowest BCUT2D eigenvalue weighted by Crippen LogP contribution is -2.49. The Labute approximate surface area is 151 Å². The number of nitrogens with zero attached hydrogens (tertiary/aromatic N) is 3. The molecule has 2 rings (SSSR count). The molecule has 1 aromatic heterocycles. The van der Waals surface area contributed by atoms with Gasteiger partial charge >= 0.3 is 0 Å². The first-order valence-electron chi connectivity index (χ1n) is 9.29. The summed E-state index contributed by atoms with van der Waals surface area (Å²) in [4.78, 5) is 12.5. The van der Waals surface area contributed by atoms with Gasteiger partial charge in [0.05, 0.1) is 6.54 Å². The van der Waals surface area contributed by atoms with E-state index < -0.39 is 0 Å². The zero-order valence-corrected chi connectivity index (χ0v) is 16.3. The van der Waals surface area contributed by atoms with Crippen molar-refractivity contribution in [1.29, 1.82) is 0 Å². The van der Waals surface area contributed by atoms with Crippen LogP contribution < -0.4 is 10.6 Å². The second-order valence-electron chi connectivity index (χ2n) is 6.12. The number of hydrogen-bond donors (Lipinski definition) is 2. The lowest BCUT2D eigenvalue weighted by atomic mass is 10.3. The molecule has 0 atom stereocenters. The molecular formula is C18H33N5S. The summed E-state index contributed by atoms with van der Waals surface area (Å²) in [6.07, 6.45) is 1.11. The summed E-state index contributed by atoms with van der Waals surface area (Å²) >= 11 is 1.87. The number of aliphatic imine (C=N–C) groups is 1. The third-order valence-electron chi connectivity index (χ3n) is 4.44. The fraction of sp³-hybridized carbons (Fsp3) is 0.722. The molecule has 24 heavy (non-hydrogen) atoms. The van der Waals surface area contributed by atoms with Crippen molar-refractivity contribution in [3.8, 4) is 0 Å². The van der Waals surface area contributed by atoms with Crippen LogP contribution in [0.25, 0.3) is 0 Å². The van der Waals surface area contributed by atoms with E-state index >= 15 is 0 Å². The average Bonchev–Trinajstić information content (AvgIpc) is 3.08. The number of hydrogen-bond acceptors (Lipinski definition) is 4. The summed E-state index contributed by atoms with van der Waals surface area (Å²) in [6.45, 7) is 16.2. The predicted octanol–water partition coefficient (Wildman–Crippen LogP) is 2.00. The van der Waals surface area contributed by atoms with E-state index in [1.165, 1.54) is 42.5 Å². The van der Waals surface area contributed by atoms with Crippen LogP contribution in [0.1, 0.15) is 30.5 Å².